The summed E-state index contributed by atoms with van der Waals surface area (Å²) in [5.74, 6) is -1.19. The molecule has 0 fully saturated rings. The van der Waals surface area contributed by atoms with Crippen LogP contribution in [0.5, 0.6) is 0 Å². The summed E-state index contributed by atoms with van der Waals surface area (Å²) in [4.78, 5) is 8.93. The zero-order valence-electron chi connectivity index (χ0n) is 10.7. The van der Waals surface area contributed by atoms with Crippen LogP contribution in [-0.4, -0.2) is 35.6 Å². The van der Waals surface area contributed by atoms with Crippen molar-refractivity contribution in [2.45, 2.75) is 17.9 Å². The molecule has 10 heteroatoms. The van der Waals surface area contributed by atoms with Crippen LogP contribution in [-0.2, 0) is 20.8 Å². The molecule has 1 aromatic rings. The molecule has 0 aliphatic carbocycles. The van der Waals surface area contributed by atoms with Gasteiger partial charge >= 0.3 is 5.69 Å². The van der Waals surface area contributed by atoms with Crippen LogP contribution in [0.15, 0.2) is 23.1 Å². The van der Waals surface area contributed by atoms with E-state index in [9.17, 15) is 27.1 Å². The van der Waals surface area contributed by atoms with E-state index in [0.717, 1.165) is 18.2 Å². The third kappa shape index (κ3) is 4.05. The van der Waals surface area contributed by atoms with Crippen LogP contribution in [0, 0.1) is 15.9 Å². The van der Waals surface area contributed by atoms with Gasteiger partial charge < -0.3 is 0 Å². The van der Waals surface area contributed by atoms with Crippen molar-refractivity contribution in [2.75, 3.05) is 12.0 Å². The van der Waals surface area contributed by atoms with Crippen molar-refractivity contribution in [3.63, 3.8) is 0 Å². The standard InChI is InChI=1S/C10H13FN2O5S2/c1-7(6-19(2)16)12-20(17,18)9-5-3-4-8(11)10(9)13(14)15/h3-5,7,12H,6H2,1-2H3. The van der Waals surface area contributed by atoms with Crippen LogP contribution in [0.3, 0.4) is 0 Å². The molecular weight excluding hydrogens is 311 g/mol. The van der Waals surface area contributed by atoms with E-state index in [1.807, 2.05) is 0 Å². The minimum absolute atomic E-state index is 0.0440. The molecule has 1 aromatic carbocycles. The monoisotopic (exact) mass is 324 g/mol. The largest absolute Gasteiger partial charge is 0.324 e. The Labute approximate surface area is 117 Å². The van der Waals surface area contributed by atoms with Crippen molar-refractivity contribution in [1.29, 1.82) is 0 Å². The first-order valence-corrected chi connectivity index (χ1v) is 8.61. The van der Waals surface area contributed by atoms with Gasteiger partial charge in [0.05, 0.1) is 4.92 Å². The topological polar surface area (TPSA) is 106 Å². The Bertz CT molecular complexity index is 647. The molecule has 2 unspecified atom stereocenters. The van der Waals surface area contributed by atoms with E-state index in [1.54, 1.807) is 0 Å². The van der Waals surface area contributed by atoms with Gasteiger partial charge in [0, 0.05) is 28.9 Å². The molecule has 0 aromatic heterocycles. The summed E-state index contributed by atoms with van der Waals surface area (Å²) >= 11 is 0. The van der Waals surface area contributed by atoms with E-state index in [4.69, 9.17) is 0 Å². The van der Waals surface area contributed by atoms with Crippen LogP contribution >= 0.6 is 0 Å². The Morgan fingerprint density at radius 3 is 2.60 bits per heavy atom. The summed E-state index contributed by atoms with van der Waals surface area (Å²) in [6.07, 6.45) is 1.40. The van der Waals surface area contributed by atoms with Crippen molar-refractivity contribution in [3.05, 3.63) is 34.1 Å². The zero-order valence-corrected chi connectivity index (χ0v) is 12.3. The second-order valence-corrected chi connectivity index (χ2v) is 7.27. The summed E-state index contributed by atoms with van der Waals surface area (Å²) < 4.78 is 50.6. The third-order valence-corrected chi connectivity index (χ3v) is 4.85. The van der Waals surface area contributed by atoms with Crippen LogP contribution in [0.4, 0.5) is 10.1 Å². The fourth-order valence-corrected chi connectivity index (χ4v) is 3.92. The summed E-state index contributed by atoms with van der Waals surface area (Å²) in [5, 5.41) is 10.8. The molecule has 112 valence electrons. The van der Waals surface area contributed by atoms with Gasteiger partial charge in [0.25, 0.3) is 0 Å². The molecule has 0 saturated carbocycles. The van der Waals surface area contributed by atoms with E-state index in [2.05, 4.69) is 4.72 Å². The number of hydrogen-bond acceptors (Lipinski definition) is 5. The summed E-state index contributed by atoms with van der Waals surface area (Å²) in [6.45, 7) is 1.46. The molecule has 0 heterocycles. The molecule has 2 atom stereocenters. The second kappa shape index (κ2) is 6.37. The number of nitro benzene ring substituents is 1. The summed E-state index contributed by atoms with van der Waals surface area (Å²) in [6, 6.07) is 2.12. The second-order valence-electron chi connectivity index (χ2n) is 4.11. The van der Waals surface area contributed by atoms with Crippen molar-refractivity contribution in [3.8, 4) is 0 Å². The summed E-state index contributed by atoms with van der Waals surface area (Å²) in [7, 11) is -5.51. The van der Waals surface area contributed by atoms with Crippen LogP contribution < -0.4 is 4.72 Å². The molecule has 0 bridgehead atoms. The maximum atomic E-state index is 13.4. The number of nitrogens with one attached hydrogen (secondary N) is 1. The van der Waals surface area contributed by atoms with Gasteiger partial charge in [-0.1, -0.05) is 6.07 Å². The molecule has 0 amide bonds. The predicted molar refractivity (Wildman–Crippen MR) is 71.8 cm³/mol. The van der Waals surface area contributed by atoms with Gasteiger partial charge in [0.15, 0.2) is 4.90 Å². The maximum absolute atomic E-state index is 13.4. The van der Waals surface area contributed by atoms with Gasteiger partial charge in [-0.25, -0.2) is 13.1 Å². The average Bonchev–Trinajstić information content (AvgIpc) is 2.25. The number of halogens is 1. The van der Waals surface area contributed by atoms with Gasteiger partial charge in [0.1, 0.15) is 0 Å². The van der Waals surface area contributed by atoms with E-state index in [0.29, 0.717) is 0 Å². The van der Waals surface area contributed by atoms with Crippen molar-refractivity contribution >= 4 is 26.5 Å². The Hall–Kier alpha value is -1.39. The number of nitro groups is 1. The number of para-hydroxylation sites is 1. The third-order valence-electron chi connectivity index (χ3n) is 2.26. The predicted octanol–water partition coefficient (Wildman–Crippen LogP) is 0.779. The minimum Gasteiger partial charge on any atom is -0.260 e. The number of rotatable bonds is 6. The average molecular weight is 324 g/mol. The Balaban J connectivity index is 3.20. The quantitative estimate of drug-likeness (QED) is 0.615. The number of benzene rings is 1. The molecule has 0 radical (unpaired) electrons. The van der Waals surface area contributed by atoms with Gasteiger partial charge in [-0.2, -0.15) is 4.39 Å². The fourth-order valence-electron chi connectivity index (χ4n) is 1.60. The van der Waals surface area contributed by atoms with E-state index >= 15 is 0 Å². The molecule has 0 aliphatic rings. The molecule has 20 heavy (non-hydrogen) atoms. The minimum atomic E-state index is -4.27. The van der Waals surface area contributed by atoms with Crippen molar-refractivity contribution in [1.82, 2.24) is 4.72 Å². The van der Waals surface area contributed by atoms with Gasteiger partial charge in [-0.3, -0.25) is 14.3 Å². The van der Waals surface area contributed by atoms with Gasteiger partial charge in [-0.05, 0) is 19.1 Å². The highest BCUT2D eigenvalue weighted by Crippen LogP contribution is 2.26. The zero-order chi connectivity index (χ0) is 15.5. The van der Waals surface area contributed by atoms with Crippen LogP contribution in [0.25, 0.3) is 0 Å². The molecule has 1 N–H and O–H groups in total. The Morgan fingerprint density at radius 2 is 2.10 bits per heavy atom. The van der Waals surface area contributed by atoms with E-state index < -0.39 is 48.2 Å². The molecule has 1 rings (SSSR count). The molecule has 7 nitrogen and oxygen atoms in total. The Kier molecular flexibility index (Phi) is 5.31. The van der Waals surface area contributed by atoms with Crippen LogP contribution in [0.2, 0.25) is 0 Å². The lowest BCUT2D eigenvalue weighted by Gasteiger charge is -2.13. The molecule has 0 spiro atoms. The normalized spacial score (nSPS) is 14.8. The maximum Gasteiger partial charge on any atom is 0.324 e. The number of sulfonamides is 1. The highest BCUT2D eigenvalue weighted by Gasteiger charge is 2.30. The first-order valence-electron chi connectivity index (χ1n) is 5.40. The van der Waals surface area contributed by atoms with Crippen molar-refractivity contribution < 1.29 is 21.9 Å². The van der Waals surface area contributed by atoms with E-state index in [-0.39, 0.29) is 5.75 Å². The lowest BCUT2D eigenvalue weighted by molar-refractivity contribution is -0.390. The van der Waals surface area contributed by atoms with Gasteiger partial charge in [-0.15, -0.1) is 0 Å². The lowest BCUT2D eigenvalue weighted by atomic mass is 10.3. The molecular formula is C10H13FN2O5S2. The van der Waals surface area contributed by atoms with Crippen LogP contribution in [0.1, 0.15) is 6.92 Å². The number of hydrogen-bond donors (Lipinski definition) is 1. The summed E-state index contributed by atoms with van der Waals surface area (Å²) in [5.41, 5.74) is -1.11. The molecule has 0 saturated heterocycles. The first-order chi connectivity index (χ1) is 9.15. The SMILES string of the molecule is CC(CS(C)=O)NS(=O)(=O)c1cccc(F)c1[N+](=O)[O-]. The first kappa shape index (κ1) is 16.7. The lowest BCUT2D eigenvalue weighted by Crippen LogP contribution is -2.36. The molecule has 0 aliphatic heterocycles. The van der Waals surface area contributed by atoms with E-state index in [1.165, 1.54) is 13.2 Å². The van der Waals surface area contributed by atoms with Crippen molar-refractivity contribution in [2.24, 2.45) is 0 Å². The highest BCUT2D eigenvalue weighted by atomic mass is 32.2. The number of nitrogens with zero attached hydrogens (tertiary/aromatic N) is 1. The van der Waals surface area contributed by atoms with Gasteiger partial charge in [0.2, 0.25) is 15.8 Å². The fraction of sp³-hybridized carbons (Fsp3) is 0.400. The highest BCUT2D eigenvalue weighted by molar-refractivity contribution is 7.89. The Morgan fingerprint density at radius 1 is 1.50 bits per heavy atom. The smallest absolute Gasteiger partial charge is 0.260 e.